The van der Waals surface area contributed by atoms with Gasteiger partial charge in [0.05, 0.1) is 12.0 Å². The number of aromatic nitrogens is 2. The molecule has 8 heteroatoms. The van der Waals surface area contributed by atoms with Gasteiger partial charge in [-0.1, -0.05) is 12.1 Å². The standard InChI is InChI=1S/C10H15F3N2O3/c1-3-7(6(2)16)9-14-8(15-18-9)4-17-5-10(11,12)13/h6-7,16H,3-5H2,1-2H3. The van der Waals surface area contributed by atoms with Crippen molar-refractivity contribution >= 4 is 0 Å². The van der Waals surface area contributed by atoms with E-state index >= 15 is 0 Å². The van der Waals surface area contributed by atoms with Crippen LogP contribution in [-0.2, 0) is 11.3 Å². The highest BCUT2D eigenvalue weighted by Crippen LogP contribution is 2.22. The molecule has 1 heterocycles. The summed E-state index contributed by atoms with van der Waals surface area (Å²) in [5.41, 5.74) is 0. The zero-order chi connectivity index (χ0) is 13.8. The number of rotatable bonds is 6. The number of halogens is 3. The first-order valence-electron chi connectivity index (χ1n) is 5.48. The SMILES string of the molecule is CCC(c1nc(COCC(F)(F)F)no1)C(C)O. The first-order chi connectivity index (χ1) is 8.33. The molecule has 0 spiro atoms. The van der Waals surface area contributed by atoms with E-state index in [1.807, 2.05) is 6.92 Å². The van der Waals surface area contributed by atoms with Gasteiger partial charge in [0.2, 0.25) is 5.89 Å². The van der Waals surface area contributed by atoms with E-state index in [-0.39, 0.29) is 24.2 Å². The summed E-state index contributed by atoms with van der Waals surface area (Å²) in [5.74, 6) is -0.0830. The zero-order valence-electron chi connectivity index (χ0n) is 10.1. The quantitative estimate of drug-likeness (QED) is 0.854. The van der Waals surface area contributed by atoms with Crippen molar-refractivity contribution < 1.29 is 27.5 Å². The fraction of sp³-hybridized carbons (Fsp3) is 0.800. The van der Waals surface area contributed by atoms with Crippen LogP contribution in [0.25, 0.3) is 0 Å². The van der Waals surface area contributed by atoms with Crippen molar-refractivity contribution in [1.82, 2.24) is 10.1 Å². The molecule has 2 atom stereocenters. The summed E-state index contributed by atoms with van der Waals surface area (Å²) in [4.78, 5) is 3.89. The molecule has 1 aromatic rings. The molecule has 1 rings (SSSR count). The molecule has 0 bridgehead atoms. The maximum Gasteiger partial charge on any atom is 0.411 e. The van der Waals surface area contributed by atoms with Crippen LogP contribution in [0.4, 0.5) is 13.2 Å². The first kappa shape index (κ1) is 14.9. The highest BCUT2D eigenvalue weighted by Gasteiger charge is 2.28. The van der Waals surface area contributed by atoms with Crippen LogP contribution in [0.1, 0.15) is 37.9 Å². The third-order valence-electron chi connectivity index (χ3n) is 2.32. The summed E-state index contributed by atoms with van der Waals surface area (Å²) in [6, 6.07) is 0. The van der Waals surface area contributed by atoms with Gasteiger partial charge in [-0.25, -0.2) is 0 Å². The molecule has 5 nitrogen and oxygen atoms in total. The van der Waals surface area contributed by atoms with E-state index in [4.69, 9.17) is 4.52 Å². The van der Waals surface area contributed by atoms with Gasteiger partial charge in [0.15, 0.2) is 5.82 Å². The van der Waals surface area contributed by atoms with Crippen LogP contribution in [0, 0.1) is 0 Å². The molecule has 0 aromatic carbocycles. The maximum atomic E-state index is 11.8. The monoisotopic (exact) mass is 268 g/mol. The highest BCUT2D eigenvalue weighted by atomic mass is 19.4. The molecule has 0 radical (unpaired) electrons. The fourth-order valence-corrected chi connectivity index (χ4v) is 1.46. The lowest BCUT2D eigenvalue weighted by atomic mass is 10.0. The van der Waals surface area contributed by atoms with Crippen molar-refractivity contribution in [2.45, 2.75) is 45.1 Å². The van der Waals surface area contributed by atoms with Crippen LogP contribution in [0.3, 0.4) is 0 Å². The minimum absolute atomic E-state index is 0.0355. The molecule has 0 amide bonds. The molecule has 18 heavy (non-hydrogen) atoms. The minimum atomic E-state index is -4.38. The molecule has 1 aromatic heterocycles. The summed E-state index contributed by atoms with van der Waals surface area (Å²) in [7, 11) is 0. The molecular weight excluding hydrogens is 253 g/mol. The highest BCUT2D eigenvalue weighted by molar-refractivity contribution is 4.95. The normalized spacial score (nSPS) is 15.7. The second-order valence-corrected chi connectivity index (χ2v) is 3.91. The Morgan fingerprint density at radius 2 is 2.11 bits per heavy atom. The molecule has 1 N–H and O–H groups in total. The van der Waals surface area contributed by atoms with E-state index in [1.165, 1.54) is 0 Å². The Hall–Kier alpha value is -1.15. The molecular formula is C10H15F3N2O3. The number of aliphatic hydroxyl groups excluding tert-OH is 1. The summed E-state index contributed by atoms with van der Waals surface area (Å²) < 4.78 is 44.8. The summed E-state index contributed by atoms with van der Waals surface area (Å²) in [5, 5.41) is 12.9. The third-order valence-corrected chi connectivity index (χ3v) is 2.32. The third kappa shape index (κ3) is 4.61. The van der Waals surface area contributed by atoms with Gasteiger partial charge in [-0.3, -0.25) is 0 Å². The lowest BCUT2D eigenvalue weighted by Crippen LogP contribution is -2.17. The predicted molar refractivity (Wildman–Crippen MR) is 54.7 cm³/mol. The number of ether oxygens (including phenoxy) is 1. The van der Waals surface area contributed by atoms with E-state index in [0.717, 1.165) is 0 Å². The van der Waals surface area contributed by atoms with Crippen LogP contribution in [0.5, 0.6) is 0 Å². The topological polar surface area (TPSA) is 68.4 Å². The molecule has 0 aliphatic heterocycles. The van der Waals surface area contributed by atoms with Gasteiger partial charge in [0, 0.05) is 0 Å². The average molecular weight is 268 g/mol. The minimum Gasteiger partial charge on any atom is -0.393 e. The second-order valence-electron chi connectivity index (χ2n) is 3.91. The Balaban J connectivity index is 2.53. The summed E-state index contributed by atoms with van der Waals surface area (Å²) in [6.45, 7) is 1.68. The molecule has 104 valence electrons. The van der Waals surface area contributed by atoms with Gasteiger partial charge in [-0.05, 0) is 13.3 Å². The fourth-order valence-electron chi connectivity index (χ4n) is 1.46. The second kappa shape index (κ2) is 6.14. The van der Waals surface area contributed by atoms with Gasteiger partial charge >= 0.3 is 6.18 Å². The van der Waals surface area contributed by atoms with E-state index in [2.05, 4.69) is 14.9 Å². The average Bonchev–Trinajstić information content (AvgIpc) is 2.65. The number of hydrogen-bond acceptors (Lipinski definition) is 5. The van der Waals surface area contributed by atoms with Crippen LogP contribution in [0.2, 0.25) is 0 Å². The van der Waals surface area contributed by atoms with Gasteiger partial charge in [0.1, 0.15) is 13.2 Å². The van der Waals surface area contributed by atoms with E-state index < -0.39 is 18.9 Å². The molecule has 0 fully saturated rings. The molecule has 0 aliphatic rings. The lowest BCUT2D eigenvalue weighted by molar-refractivity contribution is -0.177. The van der Waals surface area contributed by atoms with Crippen molar-refractivity contribution in [2.75, 3.05) is 6.61 Å². The Morgan fingerprint density at radius 3 is 2.61 bits per heavy atom. The molecule has 2 unspecified atom stereocenters. The molecule has 0 saturated heterocycles. The molecule has 0 aliphatic carbocycles. The van der Waals surface area contributed by atoms with Gasteiger partial charge in [-0.2, -0.15) is 18.2 Å². The Bertz CT molecular complexity index is 365. The Labute approximate surface area is 102 Å². The lowest BCUT2D eigenvalue weighted by Gasteiger charge is -2.12. The van der Waals surface area contributed by atoms with Crippen LogP contribution in [-0.4, -0.2) is 34.1 Å². The van der Waals surface area contributed by atoms with Crippen molar-refractivity contribution in [1.29, 1.82) is 0 Å². The first-order valence-corrected chi connectivity index (χ1v) is 5.48. The smallest absolute Gasteiger partial charge is 0.393 e. The Kier molecular flexibility index (Phi) is 5.09. The summed E-state index contributed by atoms with van der Waals surface area (Å²) >= 11 is 0. The Morgan fingerprint density at radius 1 is 1.44 bits per heavy atom. The van der Waals surface area contributed by atoms with E-state index in [1.54, 1.807) is 6.92 Å². The number of aliphatic hydroxyl groups is 1. The van der Waals surface area contributed by atoms with Crippen molar-refractivity contribution in [3.63, 3.8) is 0 Å². The maximum absolute atomic E-state index is 11.8. The summed E-state index contributed by atoms with van der Waals surface area (Å²) in [6.07, 6.45) is -4.46. The number of nitrogens with zero attached hydrogens (tertiary/aromatic N) is 2. The van der Waals surface area contributed by atoms with Crippen molar-refractivity contribution in [3.8, 4) is 0 Å². The van der Waals surface area contributed by atoms with Gasteiger partial charge < -0.3 is 14.4 Å². The number of alkyl halides is 3. The van der Waals surface area contributed by atoms with Crippen LogP contribution >= 0.6 is 0 Å². The molecule has 0 saturated carbocycles. The van der Waals surface area contributed by atoms with E-state index in [9.17, 15) is 18.3 Å². The van der Waals surface area contributed by atoms with Crippen molar-refractivity contribution in [2.24, 2.45) is 0 Å². The zero-order valence-corrected chi connectivity index (χ0v) is 10.1. The van der Waals surface area contributed by atoms with Crippen LogP contribution in [0.15, 0.2) is 4.52 Å². The number of hydrogen-bond donors (Lipinski definition) is 1. The largest absolute Gasteiger partial charge is 0.411 e. The van der Waals surface area contributed by atoms with Crippen LogP contribution < -0.4 is 0 Å². The van der Waals surface area contributed by atoms with Crippen molar-refractivity contribution in [3.05, 3.63) is 11.7 Å². The van der Waals surface area contributed by atoms with Gasteiger partial charge in [0.25, 0.3) is 0 Å². The van der Waals surface area contributed by atoms with E-state index in [0.29, 0.717) is 6.42 Å². The predicted octanol–water partition coefficient (Wildman–Crippen LogP) is 2.02. The van der Waals surface area contributed by atoms with Gasteiger partial charge in [-0.15, -0.1) is 0 Å².